The third kappa shape index (κ3) is 2.98. The molecule has 1 aromatic rings. The van der Waals surface area contributed by atoms with Crippen LogP contribution in [0.2, 0.25) is 0 Å². The van der Waals surface area contributed by atoms with E-state index in [0.717, 1.165) is 25.8 Å². The van der Waals surface area contributed by atoms with Gasteiger partial charge in [-0.3, -0.25) is 14.6 Å². The van der Waals surface area contributed by atoms with Crippen LogP contribution in [0.1, 0.15) is 43.9 Å². The highest BCUT2D eigenvalue weighted by Gasteiger charge is 2.43. The molecule has 1 aliphatic heterocycles. The van der Waals surface area contributed by atoms with Crippen LogP contribution in [0.3, 0.4) is 0 Å². The summed E-state index contributed by atoms with van der Waals surface area (Å²) in [6.45, 7) is 4.84. The van der Waals surface area contributed by atoms with E-state index in [1.807, 2.05) is 0 Å². The molecule has 5 nitrogen and oxygen atoms in total. The number of hydrogen-bond donors (Lipinski definition) is 1. The number of hydrogen-bond acceptors (Lipinski definition) is 3. The second-order valence-corrected chi connectivity index (χ2v) is 7.10. The van der Waals surface area contributed by atoms with Crippen molar-refractivity contribution in [2.24, 2.45) is 0 Å². The number of aryl methyl sites for hydroxylation is 1. The van der Waals surface area contributed by atoms with E-state index in [9.17, 15) is 9.59 Å². The molecule has 1 N–H and O–H groups in total. The van der Waals surface area contributed by atoms with Crippen molar-refractivity contribution in [1.82, 2.24) is 15.1 Å². The maximum Gasteiger partial charge on any atom is 0.325 e. The molecule has 2 aliphatic rings. The third-order valence-electron chi connectivity index (χ3n) is 4.97. The Balaban J connectivity index is 1.54. The Bertz CT molecular complexity index is 626. The van der Waals surface area contributed by atoms with E-state index in [0.29, 0.717) is 12.6 Å². The molecule has 1 heterocycles. The van der Waals surface area contributed by atoms with Crippen molar-refractivity contribution < 1.29 is 9.59 Å². The van der Waals surface area contributed by atoms with Gasteiger partial charge < -0.3 is 5.32 Å². The Morgan fingerprint density at radius 2 is 2.04 bits per heavy atom. The van der Waals surface area contributed by atoms with Gasteiger partial charge in [0.15, 0.2) is 0 Å². The number of benzene rings is 1. The summed E-state index contributed by atoms with van der Waals surface area (Å²) in [6, 6.07) is 8.79. The lowest BCUT2D eigenvalue weighted by atomic mass is 10.1. The first-order valence-corrected chi connectivity index (χ1v) is 8.32. The highest BCUT2D eigenvalue weighted by molar-refractivity contribution is 6.06. The van der Waals surface area contributed by atoms with Crippen molar-refractivity contribution in [2.75, 3.05) is 20.1 Å². The number of nitrogens with zero attached hydrogens (tertiary/aromatic N) is 2. The van der Waals surface area contributed by atoms with E-state index < -0.39 is 5.54 Å². The number of carbonyl (C=O) groups excluding carboxylic acids is 2. The fourth-order valence-electron chi connectivity index (χ4n) is 3.65. The van der Waals surface area contributed by atoms with E-state index >= 15 is 0 Å². The fourth-order valence-corrected chi connectivity index (χ4v) is 3.65. The Morgan fingerprint density at radius 1 is 1.30 bits per heavy atom. The van der Waals surface area contributed by atoms with Crippen LogP contribution < -0.4 is 5.32 Å². The molecule has 1 saturated heterocycles. The minimum Gasteiger partial charge on any atom is -0.324 e. The van der Waals surface area contributed by atoms with Gasteiger partial charge in [-0.05, 0) is 51.3 Å². The molecule has 1 aromatic carbocycles. The number of carbonyl (C=O) groups is 2. The summed E-state index contributed by atoms with van der Waals surface area (Å²) >= 11 is 0. The fraction of sp³-hybridized carbons (Fsp3) is 0.556. The van der Waals surface area contributed by atoms with Crippen LogP contribution in [0, 0.1) is 0 Å². The Kier molecular flexibility index (Phi) is 4.15. The molecule has 23 heavy (non-hydrogen) atoms. The van der Waals surface area contributed by atoms with Crippen molar-refractivity contribution in [3.8, 4) is 0 Å². The number of urea groups is 1. The number of rotatable bonds is 5. The maximum atomic E-state index is 12.2. The van der Waals surface area contributed by atoms with Gasteiger partial charge >= 0.3 is 6.03 Å². The zero-order chi connectivity index (χ0) is 16.6. The van der Waals surface area contributed by atoms with Gasteiger partial charge in [0.05, 0.1) is 0 Å². The summed E-state index contributed by atoms with van der Waals surface area (Å²) in [4.78, 5) is 27.7. The quantitative estimate of drug-likeness (QED) is 0.849. The molecule has 1 atom stereocenters. The first-order valence-electron chi connectivity index (χ1n) is 8.32. The molecule has 124 valence electrons. The van der Waals surface area contributed by atoms with Gasteiger partial charge in [0.2, 0.25) is 0 Å². The van der Waals surface area contributed by atoms with Crippen LogP contribution in [0.4, 0.5) is 4.79 Å². The van der Waals surface area contributed by atoms with Crippen molar-refractivity contribution in [1.29, 1.82) is 0 Å². The number of amides is 3. The van der Waals surface area contributed by atoms with Crippen molar-refractivity contribution >= 4 is 11.9 Å². The topological polar surface area (TPSA) is 52.6 Å². The summed E-state index contributed by atoms with van der Waals surface area (Å²) in [6.07, 6.45) is 3.07. The zero-order valence-electron chi connectivity index (χ0n) is 14.1. The number of fused-ring (bicyclic) bond motifs is 1. The molecule has 1 aliphatic carbocycles. The minimum absolute atomic E-state index is 0.128. The van der Waals surface area contributed by atoms with E-state index in [4.69, 9.17) is 0 Å². The van der Waals surface area contributed by atoms with E-state index in [1.54, 1.807) is 13.8 Å². The van der Waals surface area contributed by atoms with Crippen molar-refractivity contribution in [3.05, 3.63) is 35.4 Å². The number of imide groups is 1. The van der Waals surface area contributed by atoms with Crippen molar-refractivity contribution in [3.63, 3.8) is 0 Å². The lowest BCUT2D eigenvalue weighted by Gasteiger charge is -2.26. The highest BCUT2D eigenvalue weighted by atomic mass is 16.2. The second kappa shape index (κ2) is 5.96. The molecule has 3 amide bonds. The first-order chi connectivity index (χ1) is 10.9. The lowest BCUT2D eigenvalue weighted by Crippen LogP contribution is -2.40. The molecule has 0 saturated carbocycles. The average molecular weight is 315 g/mol. The molecule has 0 spiro atoms. The molecule has 3 rings (SSSR count). The maximum absolute atomic E-state index is 12.2. The number of nitrogens with one attached hydrogen (secondary N) is 1. The first kappa shape index (κ1) is 16.0. The third-order valence-corrected chi connectivity index (χ3v) is 4.97. The zero-order valence-corrected chi connectivity index (χ0v) is 14.1. The van der Waals surface area contributed by atoms with E-state index in [1.165, 1.54) is 16.0 Å². The Morgan fingerprint density at radius 3 is 2.74 bits per heavy atom. The molecule has 0 radical (unpaired) electrons. The van der Waals surface area contributed by atoms with Gasteiger partial charge in [-0.15, -0.1) is 0 Å². The summed E-state index contributed by atoms with van der Waals surface area (Å²) < 4.78 is 0. The lowest BCUT2D eigenvalue weighted by molar-refractivity contribution is -0.130. The summed E-state index contributed by atoms with van der Waals surface area (Å²) in [5, 5.41) is 2.72. The highest BCUT2D eigenvalue weighted by Crippen LogP contribution is 2.34. The molecule has 5 heteroatoms. The molecular weight excluding hydrogens is 290 g/mol. The smallest absolute Gasteiger partial charge is 0.324 e. The normalized spacial score (nSPS) is 22.6. The van der Waals surface area contributed by atoms with Gasteiger partial charge in [0.25, 0.3) is 5.91 Å². The molecule has 0 bridgehead atoms. The van der Waals surface area contributed by atoms with E-state index in [-0.39, 0.29) is 11.9 Å². The monoisotopic (exact) mass is 315 g/mol. The average Bonchev–Trinajstić information content (AvgIpc) is 3.01. The van der Waals surface area contributed by atoms with Gasteiger partial charge in [-0.1, -0.05) is 24.3 Å². The minimum atomic E-state index is -0.770. The van der Waals surface area contributed by atoms with Crippen molar-refractivity contribution in [2.45, 2.75) is 44.7 Å². The predicted molar refractivity (Wildman–Crippen MR) is 89.1 cm³/mol. The molecule has 1 fully saturated rings. The molecular formula is C18H25N3O2. The van der Waals surface area contributed by atoms with Gasteiger partial charge in [-0.25, -0.2) is 4.79 Å². The summed E-state index contributed by atoms with van der Waals surface area (Å²) in [5.74, 6) is -0.128. The Hall–Kier alpha value is -1.88. The molecule has 1 unspecified atom stereocenters. The van der Waals surface area contributed by atoms with Crippen LogP contribution in [0.15, 0.2) is 24.3 Å². The standard InChI is InChI=1S/C18H25N3O2/c1-18(2)16(22)21(17(23)19-18)12-6-11-20(3)15-10-9-13-7-4-5-8-14(13)15/h4-5,7-8,15H,6,9-12H2,1-3H3,(H,19,23). The predicted octanol–water partition coefficient (Wildman–Crippen LogP) is 2.33. The van der Waals surface area contributed by atoms with Gasteiger partial charge in [0, 0.05) is 19.1 Å². The van der Waals surface area contributed by atoms with Crippen LogP contribution in [0.5, 0.6) is 0 Å². The summed E-state index contributed by atoms with van der Waals surface area (Å²) in [5.41, 5.74) is 2.10. The summed E-state index contributed by atoms with van der Waals surface area (Å²) in [7, 11) is 2.13. The second-order valence-electron chi connectivity index (χ2n) is 7.10. The van der Waals surface area contributed by atoms with Gasteiger partial charge in [0.1, 0.15) is 5.54 Å². The van der Waals surface area contributed by atoms with Crippen LogP contribution in [-0.2, 0) is 11.2 Å². The Labute approximate surface area is 137 Å². The largest absolute Gasteiger partial charge is 0.325 e. The van der Waals surface area contributed by atoms with Gasteiger partial charge in [-0.2, -0.15) is 0 Å². The SMILES string of the molecule is CN(CCCN1C(=O)NC(C)(C)C1=O)C1CCc2ccccc21. The van der Waals surface area contributed by atoms with Crippen LogP contribution in [0.25, 0.3) is 0 Å². The molecule has 0 aromatic heterocycles. The van der Waals surface area contributed by atoms with E-state index in [2.05, 4.69) is 41.5 Å². The van der Waals surface area contributed by atoms with Crippen LogP contribution >= 0.6 is 0 Å². The van der Waals surface area contributed by atoms with Crippen LogP contribution in [-0.4, -0.2) is 47.4 Å².